The van der Waals surface area contributed by atoms with E-state index in [0.29, 0.717) is 13.1 Å². The minimum absolute atomic E-state index is 0.00549. The van der Waals surface area contributed by atoms with Crippen molar-refractivity contribution in [3.63, 3.8) is 0 Å². The van der Waals surface area contributed by atoms with Crippen molar-refractivity contribution in [2.75, 3.05) is 26.3 Å². The Hall–Kier alpha value is -0.650. The molecule has 0 bridgehead atoms. The molecular weight excluding hydrogens is 220 g/mol. The largest absolute Gasteiger partial charge is 0.381 e. The molecule has 0 radical (unpaired) electrons. The van der Waals surface area contributed by atoms with Gasteiger partial charge >= 0.3 is 0 Å². The predicted molar refractivity (Wildman–Crippen MR) is 63.5 cm³/mol. The van der Waals surface area contributed by atoms with Gasteiger partial charge in [0.1, 0.15) is 6.10 Å². The second kappa shape index (κ2) is 5.33. The third-order valence-corrected chi connectivity index (χ3v) is 3.65. The molecule has 2 saturated heterocycles. The molecule has 3 N–H and O–H groups in total. The van der Waals surface area contributed by atoms with Crippen LogP contribution in [0, 0.1) is 5.41 Å². The number of ether oxygens (including phenoxy) is 2. The second-order valence-corrected chi connectivity index (χ2v) is 5.39. The van der Waals surface area contributed by atoms with E-state index in [1.165, 1.54) is 0 Å². The van der Waals surface area contributed by atoms with Crippen molar-refractivity contribution in [3.05, 3.63) is 0 Å². The smallest absolute Gasteiger partial charge is 0.249 e. The minimum atomic E-state index is -0.311. The lowest BCUT2D eigenvalue weighted by molar-refractivity contribution is -0.132. The Balaban J connectivity index is 1.74. The van der Waals surface area contributed by atoms with Crippen LogP contribution >= 0.6 is 0 Å². The van der Waals surface area contributed by atoms with E-state index in [0.717, 1.165) is 32.5 Å². The fourth-order valence-electron chi connectivity index (χ4n) is 2.34. The van der Waals surface area contributed by atoms with Crippen LogP contribution in [0.2, 0.25) is 0 Å². The van der Waals surface area contributed by atoms with Crippen LogP contribution in [0.4, 0.5) is 0 Å². The van der Waals surface area contributed by atoms with E-state index in [-0.39, 0.29) is 23.5 Å². The lowest BCUT2D eigenvalue weighted by atomic mass is 9.90. The van der Waals surface area contributed by atoms with Gasteiger partial charge in [0.05, 0.1) is 12.7 Å². The monoisotopic (exact) mass is 242 g/mol. The quantitative estimate of drug-likeness (QED) is 0.730. The molecule has 0 aromatic heterocycles. The molecule has 2 heterocycles. The highest BCUT2D eigenvalue weighted by Crippen LogP contribution is 2.27. The summed E-state index contributed by atoms with van der Waals surface area (Å²) in [6, 6.07) is 0. The van der Waals surface area contributed by atoms with Crippen LogP contribution in [0.15, 0.2) is 0 Å². The van der Waals surface area contributed by atoms with Crippen LogP contribution in [-0.4, -0.2) is 44.4 Å². The Bertz CT molecular complexity index is 277. The third-order valence-electron chi connectivity index (χ3n) is 3.65. The molecule has 0 spiro atoms. The normalized spacial score (nSPS) is 37.3. The molecule has 5 nitrogen and oxygen atoms in total. The van der Waals surface area contributed by atoms with Crippen LogP contribution in [0.3, 0.4) is 0 Å². The van der Waals surface area contributed by atoms with E-state index in [1.807, 2.05) is 0 Å². The first-order valence-electron chi connectivity index (χ1n) is 6.34. The molecule has 0 aliphatic carbocycles. The maximum atomic E-state index is 11.9. The zero-order chi connectivity index (χ0) is 12.3. The van der Waals surface area contributed by atoms with Gasteiger partial charge in [-0.1, -0.05) is 6.92 Å². The third kappa shape index (κ3) is 3.18. The molecule has 98 valence electrons. The summed E-state index contributed by atoms with van der Waals surface area (Å²) >= 11 is 0. The Morgan fingerprint density at radius 3 is 2.94 bits per heavy atom. The molecule has 1 unspecified atom stereocenters. The molecule has 1 amide bonds. The van der Waals surface area contributed by atoms with Crippen LogP contribution in [0.5, 0.6) is 0 Å². The topological polar surface area (TPSA) is 73.6 Å². The van der Waals surface area contributed by atoms with E-state index in [1.54, 1.807) is 0 Å². The summed E-state index contributed by atoms with van der Waals surface area (Å²) in [4.78, 5) is 11.9. The fourth-order valence-corrected chi connectivity index (χ4v) is 2.34. The number of amides is 1. The number of rotatable bonds is 4. The van der Waals surface area contributed by atoms with E-state index >= 15 is 0 Å². The van der Waals surface area contributed by atoms with Gasteiger partial charge in [-0.15, -0.1) is 0 Å². The summed E-state index contributed by atoms with van der Waals surface area (Å²) in [5.41, 5.74) is 5.60. The molecule has 3 atom stereocenters. The molecule has 2 fully saturated rings. The summed E-state index contributed by atoms with van der Waals surface area (Å²) in [5, 5.41) is 2.97. The maximum absolute atomic E-state index is 11.9. The SMILES string of the molecule is CC1(CNC(=O)[C@@H]2CC[C@H](CN)O2)CCOC1. The van der Waals surface area contributed by atoms with Gasteiger partial charge in [-0.3, -0.25) is 4.79 Å². The van der Waals surface area contributed by atoms with Gasteiger partial charge in [0.2, 0.25) is 5.91 Å². The average molecular weight is 242 g/mol. The van der Waals surface area contributed by atoms with Gasteiger partial charge in [0.25, 0.3) is 0 Å². The molecule has 17 heavy (non-hydrogen) atoms. The molecule has 2 aliphatic rings. The van der Waals surface area contributed by atoms with Crippen molar-refractivity contribution in [2.24, 2.45) is 11.1 Å². The molecular formula is C12H22N2O3. The standard InChI is InChI=1S/C12H22N2O3/c1-12(4-5-16-8-12)7-14-11(15)10-3-2-9(6-13)17-10/h9-10H,2-8,13H2,1H3,(H,14,15)/t9-,10+,12?/m1/s1. The van der Waals surface area contributed by atoms with Crippen molar-refractivity contribution >= 4 is 5.91 Å². The van der Waals surface area contributed by atoms with E-state index in [9.17, 15) is 4.79 Å². The first-order valence-corrected chi connectivity index (χ1v) is 6.34. The van der Waals surface area contributed by atoms with Gasteiger partial charge in [-0.25, -0.2) is 0 Å². The van der Waals surface area contributed by atoms with E-state index < -0.39 is 0 Å². The molecule has 2 aliphatic heterocycles. The summed E-state index contributed by atoms with van der Waals surface area (Å²) in [6.07, 6.45) is 2.41. The van der Waals surface area contributed by atoms with Crippen molar-refractivity contribution in [3.8, 4) is 0 Å². The van der Waals surface area contributed by atoms with Gasteiger partial charge in [-0.2, -0.15) is 0 Å². The number of hydrogen-bond acceptors (Lipinski definition) is 4. The van der Waals surface area contributed by atoms with E-state index in [2.05, 4.69) is 12.2 Å². The highest BCUT2D eigenvalue weighted by molar-refractivity contribution is 5.81. The molecule has 5 heteroatoms. The van der Waals surface area contributed by atoms with Crippen molar-refractivity contribution in [2.45, 2.75) is 38.4 Å². The lowest BCUT2D eigenvalue weighted by Crippen LogP contribution is -2.41. The van der Waals surface area contributed by atoms with E-state index in [4.69, 9.17) is 15.2 Å². The predicted octanol–water partition coefficient (Wildman–Crippen LogP) is 0.0355. The Kier molecular flexibility index (Phi) is 4.01. The molecule has 0 aromatic rings. The van der Waals surface area contributed by atoms with Crippen LogP contribution in [0.1, 0.15) is 26.2 Å². The van der Waals surface area contributed by atoms with Crippen molar-refractivity contribution < 1.29 is 14.3 Å². The van der Waals surface area contributed by atoms with Crippen LogP contribution in [0.25, 0.3) is 0 Å². The number of carbonyl (C=O) groups is 1. The van der Waals surface area contributed by atoms with Crippen molar-refractivity contribution in [1.29, 1.82) is 0 Å². The summed E-state index contributed by atoms with van der Waals surface area (Å²) in [7, 11) is 0. The first kappa shape index (κ1) is 12.8. The van der Waals surface area contributed by atoms with Gasteiger partial charge in [0.15, 0.2) is 0 Å². The van der Waals surface area contributed by atoms with Gasteiger partial charge in [-0.05, 0) is 19.3 Å². The number of nitrogens with one attached hydrogen (secondary N) is 1. The minimum Gasteiger partial charge on any atom is -0.381 e. The maximum Gasteiger partial charge on any atom is 0.249 e. The average Bonchev–Trinajstić information content (AvgIpc) is 2.95. The van der Waals surface area contributed by atoms with Gasteiger partial charge < -0.3 is 20.5 Å². The lowest BCUT2D eigenvalue weighted by Gasteiger charge is -2.23. The molecule has 0 saturated carbocycles. The fraction of sp³-hybridized carbons (Fsp3) is 0.917. The second-order valence-electron chi connectivity index (χ2n) is 5.39. The summed E-state index contributed by atoms with van der Waals surface area (Å²) < 4.78 is 10.9. The zero-order valence-corrected chi connectivity index (χ0v) is 10.4. The Labute approximate surface area is 102 Å². The molecule has 2 rings (SSSR count). The summed E-state index contributed by atoms with van der Waals surface area (Å²) in [6.45, 7) is 4.82. The summed E-state index contributed by atoms with van der Waals surface area (Å²) in [5.74, 6) is -0.00549. The first-order chi connectivity index (χ1) is 8.13. The molecule has 0 aromatic carbocycles. The Morgan fingerprint density at radius 2 is 2.35 bits per heavy atom. The zero-order valence-electron chi connectivity index (χ0n) is 10.4. The highest BCUT2D eigenvalue weighted by Gasteiger charge is 2.33. The number of nitrogens with two attached hydrogens (primary N) is 1. The number of hydrogen-bond donors (Lipinski definition) is 2. The van der Waals surface area contributed by atoms with Crippen LogP contribution in [-0.2, 0) is 14.3 Å². The Morgan fingerprint density at radius 1 is 1.53 bits per heavy atom. The van der Waals surface area contributed by atoms with Crippen LogP contribution < -0.4 is 11.1 Å². The van der Waals surface area contributed by atoms with Gasteiger partial charge in [0, 0.05) is 25.1 Å². The highest BCUT2D eigenvalue weighted by atomic mass is 16.5. The van der Waals surface area contributed by atoms with Crippen molar-refractivity contribution in [1.82, 2.24) is 5.32 Å². The number of carbonyl (C=O) groups excluding carboxylic acids is 1.